The van der Waals surface area contributed by atoms with Gasteiger partial charge in [0, 0.05) is 31.7 Å². The minimum atomic E-state index is -5.08. The van der Waals surface area contributed by atoms with Crippen molar-refractivity contribution in [2.24, 2.45) is 5.92 Å². The van der Waals surface area contributed by atoms with Crippen LogP contribution in [0.4, 0.5) is 18.9 Å². The van der Waals surface area contributed by atoms with Gasteiger partial charge in [0.05, 0.1) is 5.92 Å². The molecule has 1 saturated heterocycles. The normalized spacial score (nSPS) is 20.1. The fourth-order valence-electron chi connectivity index (χ4n) is 3.11. The van der Waals surface area contributed by atoms with Crippen LogP contribution >= 0.6 is 0 Å². The van der Waals surface area contributed by atoms with Gasteiger partial charge in [0.15, 0.2) is 0 Å². The monoisotopic (exact) mass is 402 g/mol. The summed E-state index contributed by atoms with van der Waals surface area (Å²) in [7, 11) is 2.12. The zero-order chi connectivity index (χ0) is 21.1. The Labute approximate surface area is 159 Å². The third-order valence-corrected chi connectivity index (χ3v) is 4.74. The Hall–Kier alpha value is -2.62. The smallest absolute Gasteiger partial charge is 0.481 e. The number of amides is 1. The summed E-state index contributed by atoms with van der Waals surface area (Å²) in [5.74, 6) is -4.31. The number of alkyl halides is 3. The molecule has 28 heavy (non-hydrogen) atoms. The van der Waals surface area contributed by atoms with Crippen LogP contribution < -0.4 is 4.90 Å². The van der Waals surface area contributed by atoms with Crippen molar-refractivity contribution in [3.63, 3.8) is 0 Å². The number of carboxylic acid groups (broad SMARTS) is 2. The van der Waals surface area contributed by atoms with E-state index in [4.69, 9.17) is 15.0 Å². The average Bonchev–Trinajstić information content (AvgIpc) is 2.90. The standard InChI is InChI=1S/C16H20N2O3.C2HF3O2/c1-17-6-4-11-2-3-14(8-12(11)5-7-17)18-10-13(16(20)21)9-15(18)19;3-2(4,5)1(6)7/h2-3,8,13H,4-7,9-10H2,1H3,(H,20,21);(H,6,7). The van der Waals surface area contributed by atoms with Gasteiger partial charge in [-0.3, -0.25) is 9.59 Å². The largest absolute Gasteiger partial charge is 0.490 e. The average molecular weight is 402 g/mol. The predicted octanol–water partition coefficient (Wildman–Crippen LogP) is 1.79. The summed E-state index contributed by atoms with van der Waals surface area (Å²) < 4.78 is 31.7. The highest BCUT2D eigenvalue weighted by atomic mass is 19.4. The Morgan fingerprint density at radius 1 is 1.11 bits per heavy atom. The first-order valence-corrected chi connectivity index (χ1v) is 8.62. The first kappa shape index (κ1) is 21.7. The van der Waals surface area contributed by atoms with E-state index < -0.39 is 24.0 Å². The zero-order valence-corrected chi connectivity index (χ0v) is 15.2. The number of fused-ring (bicyclic) bond motifs is 1. The molecule has 1 aromatic rings. The van der Waals surface area contributed by atoms with E-state index in [2.05, 4.69) is 24.1 Å². The van der Waals surface area contributed by atoms with E-state index in [1.807, 2.05) is 6.07 Å². The summed E-state index contributed by atoms with van der Waals surface area (Å²) in [5.41, 5.74) is 3.46. The second-order valence-corrected chi connectivity index (χ2v) is 6.80. The number of hydrogen-bond donors (Lipinski definition) is 2. The van der Waals surface area contributed by atoms with E-state index in [-0.39, 0.29) is 18.9 Å². The van der Waals surface area contributed by atoms with Crippen LogP contribution in [0.5, 0.6) is 0 Å². The van der Waals surface area contributed by atoms with Gasteiger partial charge in [0.25, 0.3) is 0 Å². The molecule has 3 rings (SSSR count). The number of carbonyl (C=O) groups excluding carboxylic acids is 1. The number of anilines is 1. The van der Waals surface area contributed by atoms with Crippen LogP contribution in [0.2, 0.25) is 0 Å². The molecule has 7 nitrogen and oxygen atoms in total. The molecule has 1 fully saturated rings. The van der Waals surface area contributed by atoms with E-state index in [0.29, 0.717) is 0 Å². The van der Waals surface area contributed by atoms with Gasteiger partial charge < -0.3 is 20.0 Å². The number of aliphatic carboxylic acids is 2. The lowest BCUT2D eigenvalue weighted by molar-refractivity contribution is -0.192. The molecule has 1 amide bonds. The number of benzene rings is 1. The van der Waals surface area contributed by atoms with E-state index in [9.17, 15) is 22.8 Å². The molecular weight excluding hydrogens is 381 g/mol. The quantitative estimate of drug-likeness (QED) is 0.783. The highest BCUT2D eigenvalue weighted by molar-refractivity contribution is 5.99. The molecule has 1 aromatic carbocycles. The van der Waals surface area contributed by atoms with Gasteiger partial charge in [-0.2, -0.15) is 13.2 Å². The van der Waals surface area contributed by atoms with E-state index in [0.717, 1.165) is 31.6 Å². The number of halogens is 3. The van der Waals surface area contributed by atoms with Gasteiger partial charge in [-0.1, -0.05) is 6.07 Å². The van der Waals surface area contributed by atoms with Crippen molar-refractivity contribution in [1.82, 2.24) is 4.90 Å². The molecule has 1 atom stereocenters. The molecule has 2 heterocycles. The summed E-state index contributed by atoms with van der Waals surface area (Å²) in [6.45, 7) is 2.35. The molecular formula is C18H21F3N2O5. The number of nitrogens with zero attached hydrogens (tertiary/aromatic N) is 2. The molecule has 1 unspecified atom stereocenters. The third kappa shape index (κ3) is 5.44. The lowest BCUT2D eigenvalue weighted by Crippen LogP contribution is -2.26. The Balaban J connectivity index is 0.000000345. The van der Waals surface area contributed by atoms with Crippen LogP contribution in [0.3, 0.4) is 0 Å². The van der Waals surface area contributed by atoms with Crippen molar-refractivity contribution in [2.45, 2.75) is 25.4 Å². The maximum absolute atomic E-state index is 12.0. The predicted molar refractivity (Wildman–Crippen MR) is 93.1 cm³/mol. The maximum atomic E-state index is 12.0. The van der Waals surface area contributed by atoms with Crippen LogP contribution in [0.1, 0.15) is 17.5 Å². The minimum absolute atomic E-state index is 0.0897. The summed E-state index contributed by atoms with van der Waals surface area (Å²) in [5, 5.41) is 16.2. The first-order valence-electron chi connectivity index (χ1n) is 8.62. The number of hydrogen-bond acceptors (Lipinski definition) is 4. The molecule has 0 bridgehead atoms. The van der Waals surface area contributed by atoms with Gasteiger partial charge in [-0.15, -0.1) is 0 Å². The number of likely N-dealkylation sites (N-methyl/N-ethyl adjacent to an activating group) is 1. The Morgan fingerprint density at radius 2 is 1.68 bits per heavy atom. The van der Waals surface area contributed by atoms with Gasteiger partial charge in [0.1, 0.15) is 0 Å². The molecule has 154 valence electrons. The maximum Gasteiger partial charge on any atom is 0.490 e. The van der Waals surface area contributed by atoms with Crippen molar-refractivity contribution >= 4 is 23.5 Å². The summed E-state index contributed by atoms with van der Waals surface area (Å²) >= 11 is 0. The fraction of sp³-hybridized carbons (Fsp3) is 0.500. The van der Waals surface area contributed by atoms with Gasteiger partial charge in [-0.05, 0) is 43.1 Å². The van der Waals surface area contributed by atoms with Crippen molar-refractivity contribution < 1.29 is 37.8 Å². The van der Waals surface area contributed by atoms with Crippen molar-refractivity contribution in [3.05, 3.63) is 29.3 Å². The summed E-state index contributed by atoms with van der Waals surface area (Å²) in [4.78, 5) is 35.9. The van der Waals surface area contributed by atoms with Crippen LogP contribution in [0.25, 0.3) is 0 Å². The first-order chi connectivity index (χ1) is 13.0. The van der Waals surface area contributed by atoms with Gasteiger partial charge in [-0.25, -0.2) is 4.79 Å². The molecule has 0 saturated carbocycles. The molecule has 2 N–H and O–H groups in total. The summed E-state index contributed by atoms with van der Waals surface area (Å²) in [6, 6.07) is 6.11. The molecule has 0 aromatic heterocycles. The Morgan fingerprint density at radius 3 is 2.18 bits per heavy atom. The van der Waals surface area contributed by atoms with Crippen LogP contribution in [-0.2, 0) is 27.2 Å². The fourth-order valence-corrected chi connectivity index (χ4v) is 3.11. The third-order valence-electron chi connectivity index (χ3n) is 4.74. The SMILES string of the molecule is CN1CCc2ccc(N3CC(C(=O)O)CC3=O)cc2CC1.O=C(O)C(F)(F)F. The highest BCUT2D eigenvalue weighted by Crippen LogP contribution is 2.28. The van der Waals surface area contributed by atoms with Crippen molar-refractivity contribution in [3.8, 4) is 0 Å². The number of carboxylic acids is 2. The Kier molecular flexibility index (Phi) is 6.65. The second kappa shape index (κ2) is 8.59. The van der Waals surface area contributed by atoms with E-state index >= 15 is 0 Å². The second-order valence-electron chi connectivity index (χ2n) is 6.80. The molecule has 0 radical (unpaired) electrons. The Bertz CT molecular complexity index is 766. The number of rotatable bonds is 2. The summed E-state index contributed by atoms with van der Waals surface area (Å²) in [6.07, 6.45) is -2.98. The molecule has 0 spiro atoms. The van der Waals surface area contributed by atoms with E-state index in [1.165, 1.54) is 11.1 Å². The van der Waals surface area contributed by atoms with Gasteiger partial charge in [0.2, 0.25) is 5.91 Å². The van der Waals surface area contributed by atoms with Gasteiger partial charge >= 0.3 is 18.1 Å². The number of carbonyl (C=O) groups is 3. The van der Waals surface area contributed by atoms with Crippen LogP contribution in [0.15, 0.2) is 18.2 Å². The minimum Gasteiger partial charge on any atom is -0.481 e. The van der Waals surface area contributed by atoms with Crippen LogP contribution in [-0.4, -0.2) is 65.8 Å². The highest BCUT2D eigenvalue weighted by Gasteiger charge is 2.38. The molecule has 10 heteroatoms. The lowest BCUT2D eigenvalue weighted by Gasteiger charge is -2.18. The lowest BCUT2D eigenvalue weighted by atomic mass is 10.0. The topological polar surface area (TPSA) is 98.2 Å². The van der Waals surface area contributed by atoms with Crippen molar-refractivity contribution in [1.29, 1.82) is 0 Å². The van der Waals surface area contributed by atoms with Crippen molar-refractivity contribution in [2.75, 3.05) is 31.6 Å². The molecule has 2 aliphatic rings. The van der Waals surface area contributed by atoms with E-state index in [1.54, 1.807) is 4.90 Å². The zero-order valence-electron chi connectivity index (χ0n) is 15.2. The van der Waals surface area contributed by atoms with Crippen LogP contribution in [0, 0.1) is 5.92 Å². The molecule has 0 aliphatic carbocycles. The molecule has 2 aliphatic heterocycles.